The summed E-state index contributed by atoms with van der Waals surface area (Å²) in [6.45, 7) is 0. The average Bonchev–Trinajstić information content (AvgIpc) is 3.36. The average molecular weight is 385 g/mol. The minimum Gasteiger partial charge on any atom is -0.349 e. The largest absolute Gasteiger partial charge is 0.349 e. The second-order valence-electron chi connectivity index (χ2n) is 5.48. The van der Waals surface area contributed by atoms with E-state index < -0.39 is 10.0 Å². The molecule has 5 nitrogen and oxygen atoms in total. The first-order valence-electron chi connectivity index (χ1n) is 7.24. The summed E-state index contributed by atoms with van der Waals surface area (Å²) in [5.74, 6) is -0.282. The highest BCUT2D eigenvalue weighted by Crippen LogP contribution is 2.31. The van der Waals surface area contributed by atoms with Gasteiger partial charge in [-0.3, -0.25) is 9.52 Å². The van der Waals surface area contributed by atoms with E-state index in [1.54, 1.807) is 18.2 Å². The van der Waals surface area contributed by atoms with Crippen LogP contribution in [0.5, 0.6) is 0 Å². The van der Waals surface area contributed by atoms with Gasteiger partial charge < -0.3 is 5.32 Å². The molecule has 2 aromatic carbocycles. The molecule has 1 saturated carbocycles. The predicted molar refractivity (Wildman–Crippen MR) is 94.2 cm³/mol. The lowest BCUT2D eigenvalue weighted by Crippen LogP contribution is -2.25. The molecule has 8 heteroatoms. The van der Waals surface area contributed by atoms with Crippen LogP contribution in [0.3, 0.4) is 0 Å². The molecule has 1 aliphatic rings. The lowest BCUT2D eigenvalue weighted by molar-refractivity contribution is 0.0951. The van der Waals surface area contributed by atoms with Gasteiger partial charge in [-0.2, -0.15) is 0 Å². The number of hydrogen-bond acceptors (Lipinski definition) is 3. The molecule has 0 heterocycles. The maximum atomic E-state index is 12.5. The predicted octanol–water partition coefficient (Wildman–Crippen LogP) is 3.69. The van der Waals surface area contributed by atoms with Gasteiger partial charge in [0.2, 0.25) is 0 Å². The van der Waals surface area contributed by atoms with Crippen molar-refractivity contribution in [3.63, 3.8) is 0 Å². The molecular formula is C16H14Cl2N2O3S. The second kappa shape index (κ2) is 6.63. The Morgan fingerprint density at radius 2 is 1.79 bits per heavy atom. The maximum Gasteiger partial charge on any atom is 0.261 e. The molecule has 24 heavy (non-hydrogen) atoms. The number of benzene rings is 2. The fourth-order valence-electron chi connectivity index (χ4n) is 2.09. The van der Waals surface area contributed by atoms with Crippen LogP contribution in [-0.4, -0.2) is 20.4 Å². The number of rotatable bonds is 5. The van der Waals surface area contributed by atoms with E-state index in [-0.39, 0.29) is 32.6 Å². The standard InChI is InChI=1S/C16H14Cl2N2O3S/c17-13-5-2-6-14(15(13)18)20-24(22,23)12-4-1-3-10(9-12)16(21)19-11-7-8-11/h1-6,9,11,20H,7-8H2,(H,19,21). The van der Waals surface area contributed by atoms with Gasteiger partial charge in [0, 0.05) is 11.6 Å². The number of nitrogens with one attached hydrogen (secondary N) is 2. The van der Waals surface area contributed by atoms with Crippen molar-refractivity contribution in [2.75, 3.05) is 4.72 Å². The third-order valence-corrected chi connectivity index (χ3v) is 5.70. The first-order chi connectivity index (χ1) is 11.4. The van der Waals surface area contributed by atoms with E-state index in [4.69, 9.17) is 23.2 Å². The van der Waals surface area contributed by atoms with E-state index >= 15 is 0 Å². The Labute approximate surface area is 150 Å². The Hall–Kier alpha value is -1.76. The highest BCUT2D eigenvalue weighted by Gasteiger charge is 2.24. The van der Waals surface area contributed by atoms with Crippen molar-refractivity contribution >= 4 is 44.8 Å². The Morgan fingerprint density at radius 1 is 1.08 bits per heavy atom. The van der Waals surface area contributed by atoms with Crippen LogP contribution >= 0.6 is 23.2 Å². The van der Waals surface area contributed by atoms with E-state index in [9.17, 15) is 13.2 Å². The number of amides is 1. The van der Waals surface area contributed by atoms with Gasteiger partial charge in [0.25, 0.3) is 15.9 Å². The molecule has 0 aliphatic heterocycles. The van der Waals surface area contributed by atoms with E-state index in [2.05, 4.69) is 10.0 Å². The zero-order chi connectivity index (χ0) is 17.3. The lowest BCUT2D eigenvalue weighted by Gasteiger charge is -2.11. The number of anilines is 1. The molecule has 2 N–H and O–H groups in total. The zero-order valence-corrected chi connectivity index (χ0v) is 14.8. The maximum absolute atomic E-state index is 12.5. The molecule has 126 valence electrons. The minimum absolute atomic E-state index is 0.0259. The van der Waals surface area contributed by atoms with Crippen LogP contribution in [0.2, 0.25) is 10.0 Å². The summed E-state index contributed by atoms with van der Waals surface area (Å²) in [6.07, 6.45) is 1.91. The van der Waals surface area contributed by atoms with E-state index in [0.717, 1.165) is 12.8 Å². The lowest BCUT2D eigenvalue weighted by atomic mass is 10.2. The summed E-state index contributed by atoms with van der Waals surface area (Å²) in [5.41, 5.74) is 0.471. The SMILES string of the molecule is O=C(NC1CC1)c1cccc(S(=O)(=O)Nc2cccc(Cl)c2Cl)c1. The fourth-order valence-corrected chi connectivity index (χ4v) is 3.61. The summed E-state index contributed by atoms with van der Waals surface area (Å²) in [6, 6.07) is 10.7. The smallest absolute Gasteiger partial charge is 0.261 e. The molecular weight excluding hydrogens is 371 g/mol. The van der Waals surface area contributed by atoms with Crippen molar-refractivity contribution in [3.05, 3.63) is 58.1 Å². The molecule has 0 saturated heterocycles. The normalized spacial score (nSPS) is 14.2. The van der Waals surface area contributed by atoms with Gasteiger partial charge in [-0.05, 0) is 43.2 Å². The number of halogens is 2. The highest BCUT2D eigenvalue weighted by atomic mass is 35.5. The van der Waals surface area contributed by atoms with Gasteiger partial charge in [0.05, 0.1) is 20.6 Å². The highest BCUT2D eigenvalue weighted by molar-refractivity contribution is 7.92. The fraction of sp³-hybridized carbons (Fsp3) is 0.188. The Kier molecular flexibility index (Phi) is 4.71. The molecule has 3 rings (SSSR count). The van der Waals surface area contributed by atoms with Gasteiger partial charge in [-0.1, -0.05) is 35.3 Å². The van der Waals surface area contributed by atoms with Gasteiger partial charge >= 0.3 is 0 Å². The van der Waals surface area contributed by atoms with Crippen LogP contribution in [0.25, 0.3) is 0 Å². The van der Waals surface area contributed by atoms with E-state index in [1.165, 1.54) is 24.3 Å². The third kappa shape index (κ3) is 3.83. The Bertz CT molecular complexity index is 896. The van der Waals surface area contributed by atoms with Crippen molar-refractivity contribution in [2.45, 2.75) is 23.8 Å². The van der Waals surface area contributed by atoms with E-state index in [0.29, 0.717) is 5.56 Å². The Balaban J connectivity index is 1.86. The summed E-state index contributed by atoms with van der Waals surface area (Å²) >= 11 is 11.9. The quantitative estimate of drug-likeness (QED) is 0.825. The number of hydrogen-bond donors (Lipinski definition) is 2. The molecule has 1 aliphatic carbocycles. The van der Waals surface area contributed by atoms with Crippen LogP contribution in [-0.2, 0) is 10.0 Å². The second-order valence-corrected chi connectivity index (χ2v) is 7.95. The van der Waals surface area contributed by atoms with E-state index in [1.807, 2.05) is 0 Å². The molecule has 0 spiro atoms. The zero-order valence-electron chi connectivity index (χ0n) is 12.4. The summed E-state index contributed by atoms with van der Waals surface area (Å²) in [7, 11) is -3.89. The molecule has 0 unspecified atom stereocenters. The molecule has 0 radical (unpaired) electrons. The molecule has 0 aromatic heterocycles. The van der Waals surface area contributed by atoms with Gasteiger partial charge in [0.15, 0.2) is 0 Å². The van der Waals surface area contributed by atoms with Crippen molar-refractivity contribution in [2.24, 2.45) is 0 Å². The number of carbonyl (C=O) groups is 1. The van der Waals surface area contributed by atoms with Crippen LogP contribution in [0.15, 0.2) is 47.4 Å². The Morgan fingerprint density at radius 3 is 2.50 bits per heavy atom. The third-order valence-electron chi connectivity index (χ3n) is 3.52. The molecule has 1 fully saturated rings. The van der Waals surface area contributed by atoms with Crippen molar-refractivity contribution in [1.29, 1.82) is 0 Å². The molecule has 0 bridgehead atoms. The summed E-state index contributed by atoms with van der Waals surface area (Å²) in [4.78, 5) is 12.0. The van der Waals surface area contributed by atoms with Crippen LogP contribution in [0.4, 0.5) is 5.69 Å². The van der Waals surface area contributed by atoms with Crippen molar-refractivity contribution in [1.82, 2.24) is 5.32 Å². The first-order valence-corrected chi connectivity index (χ1v) is 9.48. The van der Waals surface area contributed by atoms with Gasteiger partial charge in [-0.25, -0.2) is 8.42 Å². The first kappa shape index (κ1) is 17.1. The molecule has 0 atom stereocenters. The van der Waals surface area contributed by atoms with Gasteiger partial charge in [-0.15, -0.1) is 0 Å². The van der Waals surface area contributed by atoms with Crippen LogP contribution < -0.4 is 10.0 Å². The topological polar surface area (TPSA) is 75.3 Å². The molecule has 1 amide bonds. The summed E-state index contributed by atoms with van der Waals surface area (Å²) in [5, 5.41) is 3.18. The monoisotopic (exact) mass is 384 g/mol. The minimum atomic E-state index is -3.89. The number of carbonyl (C=O) groups excluding carboxylic acids is 1. The molecule has 2 aromatic rings. The van der Waals surface area contributed by atoms with Crippen LogP contribution in [0, 0.1) is 0 Å². The van der Waals surface area contributed by atoms with Crippen molar-refractivity contribution < 1.29 is 13.2 Å². The van der Waals surface area contributed by atoms with Crippen LogP contribution in [0.1, 0.15) is 23.2 Å². The summed E-state index contributed by atoms with van der Waals surface area (Å²) < 4.78 is 27.4. The van der Waals surface area contributed by atoms with Gasteiger partial charge in [0.1, 0.15) is 0 Å². The number of sulfonamides is 1. The van der Waals surface area contributed by atoms with Crippen molar-refractivity contribution in [3.8, 4) is 0 Å².